The van der Waals surface area contributed by atoms with Crippen molar-refractivity contribution in [1.82, 2.24) is 4.90 Å². The first-order chi connectivity index (χ1) is 10.1. The zero-order valence-corrected chi connectivity index (χ0v) is 10.9. The predicted molar refractivity (Wildman–Crippen MR) is 73.7 cm³/mol. The van der Waals surface area contributed by atoms with Crippen LogP contribution in [0.15, 0.2) is 48.5 Å². The lowest BCUT2D eigenvalue weighted by Crippen LogP contribution is -2.29. The summed E-state index contributed by atoms with van der Waals surface area (Å²) in [7, 11) is 0. The fourth-order valence-corrected chi connectivity index (χ4v) is 2.38. The van der Waals surface area contributed by atoms with Crippen LogP contribution in [0.25, 0.3) is 0 Å². The highest BCUT2D eigenvalue weighted by molar-refractivity contribution is 6.21. The standard InChI is InChI=1S/C15H10N2O4/c18-14-11-6-2-3-7-12(11)15(19)16(14)9-10-5-1-4-8-13(10)17(20)21/h1-8H,9H2. The molecule has 2 amide bonds. The van der Waals surface area contributed by atoms with E-state index in [9.17, 15) is 19.7 Å². The molecule has 104 valence electrons. The van der Waals surface area contributed by atoms with Crippen LogP contribution in [-0.4, -0.2) is 21.6 Å². The van der Waals surface area contributed by atoms with Crippen molar-refractivity contribution < 1.29 is 14.5 Å². The molecule has 2 aromatic carbocycles. The summed E-state index contributed by atoms with van der Waals surface area (Å²) in [5.74, 6) is -0.845. The highest BCUT2D eigenvalue weighted by Gasteiger charge is 2.35. The van der Waals surface area contributed by atoms with E-state index in [1.807, 2.05) is 0 Å². The third-order valence-electron chi connectivity index (χ3n) is 3.39. The van der Waals surface area contributed by atoms with Crippen molar-refractivity contribution in [2.75, 3.05) is 0 Å². The number of carbonyl (C=O) groups excluding carboxylic acids is 2. The maximum absolute atomic E-state index is 12.2. The lowest BCUT2D eigenvalue weighted by Gasteiger charge is -2.13. The van der Waals surface area contributed by atoms with Gasteiger partial charge in [0.2, 0.25) is 0 Å². The molecule has 6 nitrogen and oxygen atoms in total. The minimum Gasteiger partial charge on any atom is -0.270 e. The first kappa shape index (κ1) is 13.0. The fourth-order valence-electron chi connectivity index (χ4n) is 2.38. The Kier molecular flexibility index (Phi) is 2.98. The molecule has 0 saturated carbocycles. The molecule has 0 radical (unpaired) electrons. The van der Waals surface area contributed by atoms with Crippen molar-refractivity contribution >= 4 is 17.5 Å². The molecule has 0 aliphatic carbocycles. The van der Waals surface area contributed by atoms with Crippen LogP contribution in [0.3, 0.4) is 0 Å². The number of imide groups is 1. The van der Waals surface area contributed by atoms with Gasteiger partial charge in [-0.05, 0) is 12.1 Å². The van der Waals surface area contributed by atoms with Crippen molar-refractivity contribution in [3.05, 3.63) is 75.3 Å². The van der Waals surface area contributed by atoms with Gasteiger partial charge in [-0.25, -0.2) is 0 Å². The van der Waals surface area contributed by atoms with E-state index >= 15 is 0 Å². The first-order valence-electron chi connectivity index (χ1n) is 6.27. The van der Waals surface area contributed by atoms with Crippen molar-refractivity contribution in [2.45, 2.75) is 6.54 Å². The van der Waals surface area contributed by atoms with Crippen LogP contribution in [0.4, 0.5) is 5.69 Å². The molecule has 0 bridgehead atoms. The Labute approximate surface area is 119 Å². The van der Waals surface area contributed by atoms with Gasteiger partial charge in [-0.1, -0.05) is 30.3 Å². The Morgan fingerprint density at radius 2 is 1.43 bits per heavy atom. The first-order valence-corrected chi connectivity index (χ1v) is 6.27. The molecule has 1 heterocycles. The third-order valence-corrected chi connectivity index (χ3v) is 3.39. The molecule has 0 fully saturated rings. The predicted octanol–water partition coefficient (Wildman–Crippen LogP) is 2.39. The minimum atomic E-state index is -0.520. The maximum Gasteiger partial charge on any atom is 0.274 e. The molecule has 6 heteroatoms. The van der Waals surface area contributed by atoms with Crippen molar-refractivity contribution in [3.63, 3.8) is 0 Å². The lowest BCUT2D eigenvalue weighted by atomic mass is 10.1. The van der Waals surface area contributed by atoms with Crippen LogP contribution < -0.4 is 0 Å². The molecular weight excluding hydrogens is 272 g/mol. The summed E-state index contributed by atoms with van der Waals surface area (Å²) in [6, 6.07) is 12.6. The van der Waals surface area contributed by atoms with Gasteiger partial charge in [0.25, 0.3) is 17.5 Å². The molecule has 0 aromatic heterocycles. The molecule has 0 atom stereocenters. The van der Waals surface area contributed by atoms with Gasteiger partial charge in [-0.2, -0.15) is 0 Å². The molecule has 2 aromatic rings. The summed E-state index contributed by atoms with van der Waals surface area (Å²) in [5.41, 5.74) is 0.897. The normalized spacial score (nSPS) is 13.4. The summed E-state index contributed by atoms with van der Waals surface area (Å²) in [6.45, 7) is -0.108. The number of fused-ring (bicyclic) bond motifs is 1. The van der Waals surface area contributed by atoms with E-state index in [0.29, 0.717) is 16.7 Å². The molecular formula is C15H10N2O4. The van der Waals surface area contributed by atoms with Crippen molar-refractivity contribution in [3.8, 4) is 0 Å². The summed E-state index contributed by atoms with van der Waals surface area (Å²) in [4.78, 5) is 36.0. The molecule has 1 aliphatic heterocycles. The van der Waals surface area contributed by atoms with Crippen molar-refractivity contribution in [1.29, 1.82) is 0 Å². The van der Waals surface area contributed by atoms with Gasteiger partial charge in [0.1, 0.15) is 0 Å². The summed E-state index contributed by atoms with van der Waals surface area (Å²) in [6.07, 6.45) is 0. The van der Waals surface area contributed by atoms with E-state index in [-0.39, 0.29) is 12.2 Å². The average Bonchev–Trinajstić information content (AvgIpc) is 2.73. The highest BCUT2D eigenvalue weighted by atomic mass is 16.6. The Bertz CT molecular complexity index is 735. The second-order valence-corrected chi connectivity index (χ2v) is 4.63. The van der Waals surface area contributed by atoms with E-state index in [2.05, 4.69) is 0 Å². The number of para-hydroxylation sites is 1. The number of hydrogen-bond acceptors (Lipinski definition) is 4. The van der Waals surface area contributed by atoms with Crippen LogP contribution in [0.2, 0.25) is 0 Å². The maximum atomic E-state index is 12.2. The van der Waals surface area contributed by atoms with Gasteiger partial charge >= 0.3 is 0 Å². The molecule has 3 rings (SSSR count). The second-order valence-electron chi connectivity index (χ2n) is 4.63. The van der Waals surface area contributed by atoms with Gasteiger partial charge < -0.3 is 0 Å². The van der Waals surface area contributed by atoms with Crippen LogP contribution in [0.1, 0.15) is 26.3 Å². The number of nitrogens with zero attached hydrogens (tertiary/aromatic N) is 2. The van der Waals surface area contributed by atoms with E-state index in [0.717, 1.165) is 4.90 Å². The van der Waals surface area contributed by atoms with E-state index in [1.165, 1.54) is 6.07 Å². The lowest BCUT2D eigenvalue weighted by molar-refractivity contribution is -0.385. The smallest absolute Gasteiger partial charge is 0.270 e. The number of nitro benzene ring substituents is 1. The third kappa shape index (κ3) is 2.06. The topological polar surface area (TPSA) is 80.5 Å². The molecule has 0 unspecified atom stereocenters. The second kappa shape index (κ2) is 4.82. The fraction of sp³-hybridized carbons (Fsp3) is 0.0667. The van der Waals surface area contributed by atoms with Crippen LogP contribution in [0.5, 0.6) is 0 Å². The number of carbonyl (C=O) groups is 2. The summed E-state index contributed by atoms with van der Waals surface area (Å²) < 4.78 is 0. The van der Waals surface area contributed by atoms with Crippen LogP contribution in [0, 0.1) is 10.1 Å². The molecule has 0 N–H and O–H groups in total. The van der Waals surface area contributed by atoms with Gasteiger partial charge in [0.05, 0.1) is 22.6 Å². The van der Waals surface area contributed by atoms with E-state index in [4.69, 9.17) is 0 Å². The number of nitro groups is 1. The number of hydrogen-bond donors (Lipinski definition) is 0. The van der Waals surface area contributed by atoms with Crippen LogP contribution in [-0.2, 0) is 6.54 Å². The highest BCUT2D eigenvalue weighted by Crippen LogP contribution is 2.27. The van der Waals surface area contributed by atoms with Gasteiger partial charge in [0.15, 0.2) is 0 Å². The van der Waals surface area contributed by atoms with E-state index < -0.39 is 16.7 Å². The Morgan fingerprint density at radius 3 is 2.00 bits per heavy atom. The molecule has 21 heavy (non-hydrogen) atoms. The Balaban J connectivity index is 1.96. The molecule has 0 spiro atoms. The zero-order chi connectivity index (χ0) is 15.0. The quantitative estimate of drug-likeness (QED) is 0.492. The number of amides is 2. The summed E-state index contributed by atoms with van der Waals surface area (Å²) >= 11 is 0. The number of benzene rings is 2. The molecule has 1 aliphatic rings. The summed E-state index contributed by atoms with van der Waals surface area (Å²) in [5, 5.41) is 11.0. The minimum absolute atomic E-state index is 0.103. The zero-order valence-electron chi connectivity index (χ0n) is 10.9. The number of rotatable bonds is 3. The SMILES string of the molecule is O=C1c2ccccc2C(=O)N1Cc1ccccc1[N+](=O)[O-]. The largest absolute Gasteiger partial charge is 0.274 e. The monoisotopic (exact) mass is 282 g/mol. The van der Waals surface area contributed by atoms with Gasteiger partial charge in [0, 0.05) is 11.6 Å². The Morgan fingerprint density at radius 1 is 0.905 bits per heavy atom. The Hall–Kier alpha value is -3.02. The van der Waals surface area contributed by atoms with Gasteiger partial charge in [-0.15, -0.1) is 0 Å². The van der Waals surface area contributed by atoms with Gasteiger partial charge in [-0.3, -0.25) is 24.6 Å². The average molecular weight is 282 g/mol. The molecule has 0 saturated heterocycles. The van der Waals surface area contributed by atoms with Crippen LogP contribution >= 0.6 is 0 Å². The van der Waals surface area contributed by atoms with E-state index in [1.54, 1.807) is 42.5 Å². The van der Waals surface area contributed by atoms with Crippen molar-refractivity contribution in [2.24, 2.45) is 0 Å².